The summed E-state index contributed by atoms with van der Waals surface area (Å²) in [6, 6.07) is 14.6. The molecule has 0 aromatic heterocycles. The number of nitrogens with one attached hydrogen (secondary N) is 1. The number of amides is 1. The molecule has 1 unspecified atom stereocenters. The predicted molar refractivity (Wildman–Crippen MR) is 84.6 cm³/mol. The number of carbonyl (C=O) groups is 1. The third-order valence-electron chi connectivity index (χ3n) is 3.67. The molecular weight excluding hydrogens is 246 g/mol. The van der Waals surface area contributed by atoms with Crippen molar-refractivity contribution in [3.8, 4) is 0 Å². The molecule has 0 aliphatic carbocycles. The molecule has 2 nitrogen and oxygen atoms in total. The summed E-state index contributed by atoms with van der Waals surface area (Å²) in [4.78, 5) is 11.9. The van der Waals surface area contributed by atoms with Gasteiger partial charge in [-0.1, -0.05) is 62.2 Å². The van der Waals surface area contributed by atoms with Gasteiger partial charge in [0.1, 0.15) is 0 Å². The number of carbonyl (C=O) groups excluding carboxylic acids is 1. The number of unbranched alkanes of at least 4 members (excludes halogenated alkanes) is 2. The summed E-state index contributed by atoms with van der Waals surface area (Å²) in [6.07, 6.45) is 3.87. The fourth-order valence-electron chi connectivity index (χ4n) is 2.56. The van der Waals surface area contributed by atoms with Crippen LogP contribution in [0.4, 0.5) is 0 Å². The first-order valence-electron chi connectivity index (χ1n) is 7.49. The van der Waals surface area contributed by atoms with E-state index in [1.54, 1.807) is 0 Å². The Labute approximate surface area is 121 Å². The lowest BCUT2D eigenvalue weighted by Gasteiger charge is -2.16. The smallest absolute Gasteiger partial charge is 0.220 e. The molecule has 0 spiro atoms. The van der Waals surface area contributed by atoms with Gasteiger partial charge in [-0.25, -0.2) is 0 Å². The lowest BCUT2D eigenvalue weighted by Crippen LogP contribution is -2.26. The Morgan fingerprint density at radius 3 is 2.65 bits per heavy atom. The summed E-state index contributed by atoms with van der Waals surface area (Å²) in [6.45, 7) is 4.20. The molecule has 0 bridgehead atoms. The number of fused-ring (bicyclic) bond motifs is 1. The van der Waals surface area contributed by atoms with E-state index in [1.165, 1.54) is 16.3 Å². The monoisotopic (exact) mass is 269 g/mol. The van der Waals surface area contributed by atoms with Crippen molar-refractivity contribution in [2.24, 2.45) is 0 Å². The molecular formula is C18H23NO. The molecule has 0 heterocycles. The second-order valence-electron chi connectivity index (χ2n) is 5.31. The maximum absolute atomic E-state index is 11.9. The zero-order valence-electron chi connectivity index (χ0n) is 12.4. The molecule has 1 amide bonds. The molecule has 20 heavy (non-hydrogen) atoms. The minimum atomic E-state index is 0.0511. The molecule has 2 aromatic carbocycles. The average molecular weight is 269 g/mol. The van der Waals surface area contributed by atoms with Gasteiger partial charge in [-0.3, -0.25) is 4.79 Å². The Kier molecular flexibility index (Phi) is 5.16. The summed E-state index contributed by atoms with van der Waals surface area (Å²) in [5.41, 5.74) is 1.19. The van der Waals surface area contributed by atoms with E-state index >= 15 is 0 Å². The van der Waals surface area contributed by atoms with Gasteiger partial charge in [-0.15, -0.1) is 0 Å². The minimum absolute atomic E-state index is 0.0511. The average Bonchev–Trinajstić information content (AvgIpc) is 2.47. The van der Waals surface area contributed by atoms with Gasteiger partial charge in [0.05, 0.1) is 6.04 Å². The molecule has 1 atom stereocenters. The molecule has 0 radical (unpaired) electrons. The van der Waals surface area contributed by atoms with Crippen LogP contribution in [0.25, 0.3) is 10.8 Å². The summed E-state index contributed by atoms with van der Waals surface area (Å²) < 4.78 is 0. The van der Waals surface area contributed by atoms with E-state index in [0.717, 1.165) is 19.3 Å². The molecule has 1 N–H and O–H groups in total. The predicted octanol–water partition coefficient (Wildman–Crippen LogP) is 4.60. The topological polar surface area (TPSA) is 29.1 Å². The van der Waals surface area contributed by atoms with Crippen molar-refractivity contribution in [1.29, 1.82) is 0 Å². The highest BCUT2D eigenvalue weighted by molar-refractivity contribution is 5.86. The lowest BCUT2D eigenvalue weighted by molar-refractivity contribution is -0.121. The summed E-state index contributed by atoms with van der Waals surface area (Å²) in [7, 11) is 0. The first-order valence-corrected chi connectivity index (χ1v) is 7.49. The number of rotatable bonds is 6. The van der Waals surface area contributed by atoms with Gasteiger partial charge in [0.25, 0.3) is 0 Å². The summed E-state index contributed by atoms with van der Waals surface area (Å²) in [5, 5.41) is 5.55. The quantitative estimate of drug-likeness (QED) is 0.763. The van der Waals surface area contributed by atoms with Crippen molar-refractivity contribution < 1.29 is 4.79 Å². The van der Waals surface area contributed by atoms with Crippen LogP contribution in [0.2, 0.25) is 0 Å². The Morgan fingerprint density at radius 2 is 1.85 bits per heavy atom. The molecule has 2 rings (SSSR count). The molecule has 0 saturated carbocycles. The molecule has 0 aliphatic rings. The fourth-order valence-corrected chi connectivity index (χ4v) is 2.56. The molecule has 106 valence electrons. The van der Waals surface area contributed by atoms with E-state index in [9.17, 15) is 4.79 Å². The van der Waals surface area contributed by atoms with Crippen LogP contribution in [0.1, 0.15) is 51.1 Å². The second kappa shape index (κ2) is 7.09. The van der Waals surface area contributed by atoms with Gasteiger partial charge < -0.3 is 5.32 Å². The third kappa shape index (κ3) is 3.60. The van der Waals surface area contributed by atoms with Crippen LogP contribution in [0.3, 0.4) is 0 Å². The van der Waals surface area contributed by atoms with Crippen molar-refractivity contribution in [2.75, 3.05) is 0 Å². The van der Waals surface area contributed by atoms with Crippen molar-refractivity contribution in [2.45, 2.75) is 45.6 Å². The van der Waals surface area contributed by atoms with E-state index in [4.69, 9.17) is 0 Å². The van der Waals surface area contributed by atoms with E-state index < -0.39 is 0 Å². The van der Waals surface area contributed by atoms with Crippen molar-refractivity contribution in [3.05, 3.63) is 48.0 Å². The normalized spacial score (nSPS) is 12.3. The Balaban J connectivity index is 2.07. The number of benzene rings is 2. The minimum Gasteiger partial charge on any atom is -0.350 e. The van der Waals surface area contributed by atoms with Crippen LogP contribution in [-0.2, 0) is 4.79 Å². The van der Waals surface area contributed by atoms with Gasteiger partial charge in [0, 0.05) is 6.42 Å². The van der Waals surface area contributed by atoms with E-state index in [-0.39, 0.29) is 11.9 Å². The van der Waals surface area contributed by atoms with E-state index in [2.05, 4.69) is 49.5 Å². The van der Waals surface area contributed by atoms with Crippen LogP contribution in [0, 0.1) is 0 Å². The molecule has 2 heteroatoms. The largest absolute Gasteiger partial charge is 0.350 e. The number of hydrogen-bond donors (Lipinski definition) is 1. The maximum atomic E-state index is 11.9. The highest BCUT2D eigenvalue weighted by Gasteiger charge is 2.11. The van der Waals surface area contributed by atoms with Gasteiger partial charge in [-0.05, 0) is 29.7 Å². The van der Waals surface area contributed by atoms with Gasteiger partial charge in [0.2, 0.25) is 5.91 Å². The first-order chi connectivity index (χ1) is 9.72. The van der Waals surface area contributed by atoms with E-state index in [0.29, 0.717) is 6.42 Å². The lowest BCUT2D eigenvalue weighted by atomic mass is 9.99. The second-order valence-corrected chi connectivity index (χ2v) is 5.31. The zero-order valence-corrected chi connectivity index (χ0v) is 12.4. The third-order valence-corrected chi connectivity index (χ3v) is 3.67. The molecule has 2 aromatic rings. The summed E-state index contributed by atoms with van der Waals surface area (Å²) in [5.74, 6) is 0.152. The maximum Gasteiger partial charge on any atom is 0.220 e. The Hall–Kier alpha value is -1.83. The van der Waals surface area contributed by atoms with Gasteiger partial charge in [0.15, 0.2) is 0 Å². The van der Waals surface area contributed by atoms with Crippen molar-refractivity contribution >= 4 is 16.7 Å². The van der Waals surface area contributed by atoms with Crippen molar-refractivity contribution in [1.82, 2.24) is 5.32 Å². The van der Waals surface area contributed by atoms with Crippen LogP contribution >= 0.6 is 0 Å². The molecule has 0 saturated heterocycles. The van der Waals surface area contributed by atoms with Gasteiger partial charge >= 0.3 is 0 Å². The number of hydrogen-bond acceptors (Lipinski definition) is 1. The highest BCUT2D eigenvalue weighted by atomic mass is 16.1. The van der Waals surface area contributed by atoms with E-state index in [1.807, 2.05) is 12.1 Å². The van der Waals surface area contributed by atoms with Gasteiger partial charge in [-0.2, -0.15) is 0 Å². The first kappa shape index (κ1) is 14.6. The SMILES string of the molecule is CCCCCC(=O)NC(C)c1cccc2ccccc12. The van der Waals surface area contributed by atoms with Crippen LogP contribution in [0.15, 0.2) is 42.5 Å². The van der Waals surface area contributed by atoms with Crippen LogP contribution < -0.4 is 5.32 Å². The van der Waals surface area contributed by atoms with Crippen LogP contribution in [-0.4, -0.2) is 5.91 Å². The fraction of sp³-hybridized carbons (Fsp3) is 0.389. The highest BCUT2D eigenvalue weighted by Crippen LogP contribution is 2.24. The Morgan fingerprint density at radius 1 is 1.10 bits per heavy atom. The standard InChI is InChI=1S/C18H23NO/c1-3-4-5-13-18(20)19-14(2)16-12-8-10-15-9-6-7-11-17(15)16/h6-12,14H,3-5,13H2,1-2H3,(H,19,20). The van der Waals surface area contributed by atoms with Crippen LogP contribution in [0.5, 0.6) is 0 Å². The summed E-state index contributed by atoms with van der Waals surface area (Å²) >= 11 is 0. The van der Waals surface area contributed by atoms with Crippen molar-refractivity contribution in [3.63, 3.8) is 0 Å². The zero-order chi connectivity index (χ0) is 14.4. The Bertz CT molecular complexity index is 571. The molecule has 0 aliphatic heterocycles. The molecule has 0 fully saturated rings.